The number of halogens is 1. The van der Waals surface area contributed by atoms with Crippen molar-refractivity contribution >= 4 is 17.6 Å². The molecule has 0 aromatic heterocycles. The Bertz CT molecular complexity index is 462. The van der Waals surface area contributed by atoms with Crippen LogP contribution in [0, 0.1) is 0 Å². The summed E-state index contributed by atoms with van der Waals surface area (Å²) in [6.07, 6.45) is 0. The predicted molar refractivity (Wildman–Crippen MR) is 62.0 cm³/mol. The molecule has 2 unspecified atom stereocenters. The van der Waals surface area contributed by atoms with E-state index >= 15 is 0 Å². The average Bonchev–Trinajstić information content (AvgIpc) is 2.93. The zero-order chi connectivity index (χ0) is 12.7. The molecule has 2 rings (SSSR count). The number of esters is 1. The number of methoxy groups -OCH3 is 2. The number of carbonyl (C=O) groups is 1. The summed E-state index contributed by atoms with van der Waals surface area (Å²) in [4.78, 5) is 11.6. The Morgan fingerprint density at radius 1 is 1.35 bits per heavy atom. The Morgan fingerprint density at radius 3 is 2.59 bits per heavy atom. The molecular weight excluding hydrogens is 244 g/mol. The van der Waals surface area contributed by atoms with Gasteiger partial charge in [-0.3, -0.25) is 0 Å². The standard InChI is InChI=1S/C12H13ClO4/c1-11(12(13,17-11)10(14)16-3)8-6-4-5-7-9(8)15-2/h4-7H,1-3H3. The van der Waals surface area contributed by atoms with Crippen LogP contribution in [0.25, 0.3) is 0 Å². The summed E-state index contributed by atoms with van der Waals surface area (Å²) in [6, 6.07) is 7.27. The van der Waals surface area contributed by atoms with E-state index in [2.05, 4.69) is 4.74 Å². The number of ether oxygens (including phenoxy) is 3. The fraction of sp³-hybridized carbons (Fsp3) is 0.417. The first-order chi connectivity index (χ1) is 7.99. The fourth-order valence-corrected chi connectivity index (χ4v) is 2.22. The number of epoxide rings is 1. The second-order valence-corrected chi connectivity index (χ2v) is 4.45. The third-order valence-corrected chi connectivity index (χ3v) is 3.58. The normalized spacial score (nSPS) is 30.8. The monoisotopic (exact) mass is 256 g/mol. The molecule has 0 radical (unpaired) electrons. The van der Waals surface area contributed by atoms with Crippen LogP contribution in [0.1, 0.15) is 12.5 Å². The van der Waals surface area contributed by atoms with E-state index < -0.39 is 16.6 Å². The van der Waals surface area contributed by atoms with E-state index in [1.807, 2.05) is 18.2 Å². The third kappa shape index (κ3) is 1.59. The molecule has 1 aliphatic rings. The molecule has 0 bridgehead atoms. The first kappa shape index (κ1) is 12.2. The first-order valence-electron chi connectivity index (χ1n) is 5.10. The highest BCUT2D eigenvalue weighted by Crippen LogP contribution is 2.60. The fourth-order valence-electron chi connectivity index (χ4n) is 1.89. The highest BCUT2D eigenvalue weighted by molar-refractivity contribution is 6.35. The van der Waals surface area contributed by atoms with E-state index in [4.69, 9.17) is 21.1 Å². The van der Waals surface area contributed by atoms with Crippen LogP contribution in [0.4, 0.5) is 0 Å². The Balaban J connectivity index is 2.40. The van der Waals surface area contributed by atoms with E-state index in [9.17, 15) is 4.79 Å². The van der Waals surface area contributed by atoms with Gasteiger partial charge in [0.25, 0.3) is 5.06 Å². The zero-order valence-corrected chi connectivity index (χ0v) is 10.6. The second-order valence-electron chi connectivity index (χ2n) is 3.92. The smallest absolute Gasteiger partial charge is 0.357 e. The maximum absolute atomic E-state index is 11.6. The molecule has 1 saturated heterocycles. The minimum atomic E-state index is -1.46. The Morgan fingerprint density at radius 2 is 2.00 bits per heavy atom. The Labute approximate surface area is 104 Å². The quantitative estimate of drug-likeness (QED) is 0.472. The number of hydrogen-bond acceptors (Lipinski definition) is 4. The molecule has 4 nitrogen and oxygen atoms in total. The van der Waals surface area contributed by atoms with Gasteiger partial charge in [0.05, 0.1) is 14.2 Å². The van der Waals surface area contributed by atoms with Crippen molar-refractivity contribution in [2.45, 2.75) is 17.6 Å². The van der Waals surface area contributed by atoms with Crippen LogP contribution in [0.5, 0.6) is 5.75 Å². The Hall–Kier alpha value is -1.26. The van der Waals surface area contributed by atoms with Gasteiger partial charge in [0.15, 0.2) is 5.60 Å². The number of rotatable bonds is 3. The number of carbonyl (C=O) groups excluding carboxylic acids is 1. The molecule has 1 fully saturated rings. The second kappa shape index (κ2) is 3.89. The van der Waals surface area contributed by atoms with Crippen molar-refractivity contribution < 1.29 is 19.0 Å². The van der Waals surface area contributed by atoms with Crippen LogP contribution in [0.3, 0.4) is 0 Å². The Kier molecular flexibility index (Phi) is 2.79. The molecule has 1 aliphatic heterocycles. The maximum atomic E-state index is 11.6. The van der Waals surface area contributed by atoms with Crippen LogP contribution >= 0.6 is 11.6 Å². The van der Waals surface area contributed by atoms with Gasteiger partial charge in [-0.15, -0.1) is 0 Å². The van der Waals surface area contributed by atoms with Crippen molar-refractivity contribution in [1.29, 1.82) is 0 Å². The first-order valence-corrected chi connectivity index (χ1v) is 5.48. The predicted octanol–water partition coefficient (Wildman–Crippen LogP) is 2.05. The summed E-state index contributed by atoms with van der Waals surface area (Å²) in [7, 11) is 2.83. The topological polar surface area (TPSA) is 48.1 Å². The van der Waals surface area contributed by atoms with Gasteiger partial charge >= 0.3 is 5.97 Å². The highest BCUT2D eigenvalue weighted by atomic mass is 35.5. The number of hydrogen-bond donors (Lipinski definition) is 0. The van der Waals surface area contributed by atoms with E-state index in [-0.39, 0.29) is 0 Å². The molecule has 92 valence electrons. The van der Waals surface area contributed by atoms with Crippen molar-refractivity contribution in [3.63, 3.8) is 0 Å². The lowest BCUT2D eigenvalue weighted by atomic mass is 9.96. The molecule has 0 amide bonds. The molecule has 5 heteroatoms. The van der Waals surface area contributed by atoms with Gasteiger partial charge in [0, 0.05) is 5.56 Å². The van der Waals surface area contributed by atoms with E-state index in [0.29, 0.717) is 5.75 Å². The molecule has 0 N–H and O–H groups in total. The summed E-state index contributed by atoms with van der Waals surface area (Å²) in [5.74, 6) is 0.0222. The molecular formula is C12H13ClO4. The average molecular weight is 257 g/mol. The highest BCUT2D eigenvalue weighted by Gasteiger charge is 2.74. The zero-order valence-electron chi connectivity index (χ0n) is 9.82. The van der Waals surface area contributed by atoms with Gasteiger partial charge in [0.2, 0.25) is 0 Å². The third-order valence-electron chi connectivity index (χ3n) is 2.99. The molecule has 0 aliphatic carbocycles. The van der Waals surface area contributed by atoms with Gasteiger partial charge in [0.1, 0.15) is 5.75 Å². The summed E-state index contributed by atoms with van der Waals surface area (Å²) in [5.41, 5.74) is -0.197. The van der Waals surface area contributed by atoms with Crippen LogP contribution in [0.2, 0.25) is 0 Å². The van der Waals surface area contributed by atoms with Gasteiger partial charge in [-0.1, -0.05) is 29.8 Å². The number of para-hydroxylation sites is 1. The van der Waals surface area contributed by atoms with Crippen LogP contribution < -0.4 is 4.74 Å². The van der Waals surface area contributed by atoms with Gasteiger partial charge in [-0.25, -0.2) is 4.79 Å². The number of alkyl halides is 1. The molecule has 1 aromatic rings. The van der Waals surface area contributed by atoms with Gasteiger partial charge in [-0.2, -0.15) is 0 Å². The molecule has 0 spiro atoms. The summed E-state index contributed by atoms with van der Waals surface area (Å²) in [6.45, 7) is 1.73. The van der Waals surface area contributed by atoms with Crippen LogP contribution in [-0.2, 0) is 19.9 Å². The maximum Gasteiger partial charge on any atom is 0.357 e. The van der Waals surface area contributed by atoms with Gasteiger partial charge in [-0.05, 0) is 13.0 Å². The van der Waals surface area contributed by atoms with Crippen molar-refractivity contribution in [2.75, 3.05) is 14.2 Å². The molecule has 2 atom stereocenters. The largest absolute Gasteiger partial charge is 0.496 e. The van der Waals surface area contributed by atoms with Crippen LogP contribution in [-0.4, -0.2) is 25.2 Å². The molecule has 1 heterocycles. The summed E-state index contributed by atoms with van der Waals surface area (Å²) >= 11 is 6.11. The van der Waals surface area contributed by atoms with Crippen molar-refractivity contribution in [3.8, 4) is 5.75 Å². The lowest BCUT2D eigenvalue weighted by Gasteiger charge is -2.13. The summed E-state index contributed by atoms with van der Waals surface area (Å²) in [5, 5.41) is -1.46. The van der Waals surface area contributed by atoms with E-state index in [1.54, 1.807) is 20.1 Å². The minimum absolute atomic E-state index is 0.604. The molecule has 17 heavy (non-hydrogen) atoms. The number of benzene rings is 1. The minimum Gasteiger partial charge on any atom is -0.496 e. The molecule has 0 saturated carbocycles. The van der Waals surface area contributed by atoms with E-state index in [1.165, 1.54) is 7.11 Å². The van der Waals surface area contributed by atoms with Crippen molar-refractivity contribution in [2.24, 2.45) is 0 Å². The van der Waals surface area contributed by atoms with Crippen LogP contribution in [0.15, 0.2) is 24.3 Å². The molecule has 1 aromatic carbocycles. The van der Waals surface area contributed by atoms with Crippen molar-refractivity contribution in [3.05, 3.63) is 29.8 Å². The van der Waals surface area contributed by atoms with Gasteiger partial charge < -0.3 is 14.2 Å². The SMILES string of the molecule is COC(=O)C1(Cl)OC1(C)c1ccccc1OC. The lowest BCUT2D eigenvalue weighted by molar-refractivity contribution is -0.143. The van der Waals surface area contributed by atoms with E-state index in [0.717, 1.165) is 5.56 Å². The van der Waals surface area contributed by atoms with Crippen molar-refractivity contribution in [1.82, 2.24) is 0 Å². The summed E-state index contributed by atoms with van der Waals surface area (Å²) < 4.78 is 15.2. The lowest BCUT2D eigenvalue weighted by Crippen LogP contribution is -2.27.